The quantitative estimate of drug-likeness (QED) is 0.554. The van der Waals surface area contributed by atoms with Gasteiger partial charge in [-0.2, -0.15) is 0 Å². The molecule has 3 rings (SSSR count). The Morgan fingerprint density at radius 2 is 1.97 bits per heavy atom. The molecule has 0 aliphatic heterocycles. The van der Waals surface area contributed by atoms with Crippen molar-refractivity contribution in [3.05, 3.63) is 40.3 Å². The minimum atomic E-state index is -0.751. The third-order valence-corrected chi connectivity index (χ3v) is 7.10. The summed E-state index contributed by atoms with van der Waals surface area (Å²) < 4.78 is 16.3. The summed E-state index contributed by atoms with van der Waals surface area (Å²) in [6.45, 7) is 10.5. The minimum absolute atomic E-state index is 0.189. The average molecular weight is 460 g/mol. The lowest BCUT2D eigenvalue weighted by Crippen LogP contribution is -2.30. The van der Waals surface area contributed by atoms with Crippen LogP contribution in [0.25, 0.3) is 0 Å². The second kappa shape index (κ2) is 9.94. The van der Waals surface area contributed by atoms with Crippen LogP contribution in [0.1, 0.15) is 61.8 Å². The predicted molar refractivity (Wildman–Crippen MR) is 127 cm³/mol. The number of carbonyl (C=O) groups excluding carboxylic acids is 2. The monoisotopic (exact) mass is 459 g/mol. The fourth-order valence-corrected chi connectivity index (χ4v) is 5.30. The molecule has 0 bridgehead atoms. The summed E-state index contributed by atoms with van der Waals surface area (Å²) in [6, 6.07) is 7.11. The normalized spacial score (nSPS) is 16.6. The van der Waals surface area contributed by atoms with Crippen molar-refractivity contribution in [2.75, 3.05) is 19.0 Å². The number of benzene rings is 1. The smallest absolute Gasteiger partial charge is 0.341 e. The van der Waals surface area contributed by atoms with Crippen molar-refractivity contribution in [1.29, 1.82) is 0 Å². The number of hydrogen-bond donors (Lipinski definition) is 1. The van der Waals surface area contributed by atoms with E-state index in [4.69, 9.17) is 14.2 Å². The zero-order valence-electron chi connectivity index (χ0n) is 19.7. The van der Waals surface area contributed by atoms with Crippen molar-refractivity contribution < 1.29 is 23.8 Å². The number of thiophene rings is 1. The molecule has 6 nitrogen and oxygen atoms in total. The molecule has 0 saturated heterocycles. The zero-order valence-corrected chi connectivity index (χ0v) is 20.6. The van der Waals surface area contributed by atoms with Gasteiger partial charge in [-0.1, -0.05) is 26.8 Å². The van der Waals surface area contributed by atoms with Gasteiger partial charge in [0.05, 0.1) is 19.3 Å². The molecule has 1 N–H and O–H groups in total. The number of methoxy groups -OCH3 is 1. The van der Waals surface area contributed by atoms with E-state index in [1.165, 1.54) is 11.3 Å². The van der Waals surface area contributed by atoms with Crippen LogP contribution >= 0.6 is 11.3 Å². The van der Waals surface area contributed by atoms with E-state index in [0.717, 1.165) is 29.7 Å². The highest BCUT2D eigenvalue weighted by Gasteiger charge is 2.34. The molecular formula is C25H33NO5S. The molecule has 174 valence electrons. The van der Waals surface area contributed by atoms with Crippen LogP contribution in [0.3, 0.4) is 0 Å². The van der Waals surface area contributed by atoms with Gasteiger partial charge in [0.15, 0.2) is 6.10 Å². The number of anilines is 1. The van der Waals surface area contributed by atoms with Crippen molar-refractivity contribution in [3.63, 3.8) is 0 Å². The number of rotatable bonds is 7. The molecule has 2 unspecified atom stereocenters. The highest BCUT2D eigenvalue weighted by atomic mass is 32.1. The second-order valence-electron chi connectivity index (χ2n) is 9.16. The Morgan fingerprint density at radius 1 is 1.25 bits per heavy atom. The SMILES string of the molecule is CCOC(=O)c1c(NC(=O)C(C)Oc2cccc(OC)c2)sc2c1CCC(C(C)(C)C)C2. The van der Waals surface area contributed by atoms with Gasteiger partial charge in [-0.15, -0.1) is 11.3 Å². The predicted octanol–water partition coefficient (Wildman–Crippen LogP) is 5.49. The molecule has 0 radical (unpaired) electrons. The van der Waals surface area contributed by atoms with Crippen LogP contribution in [0.2, 0.25) is 0 Å². The molecule has 1 aliphatic carbocycles. The van der Waals surface area contributed by atoms with Crippen LogP contribution in [0, 0.1) is 11.3 Å². The van der Waals surface area contributed by atoms with Gasteiger partial charge in [-0.25, -0.2) is 4.79 Å². The molecule has 1 aromatic carbocycles. The van der Waals surface area contributed by atoms with Crippen molar-refractivity contribution in [2.45, 2.75) is 60.0 Å². The van der Waals surface area contributed by atoms with Gasteiger partial charge in [-0.05, 0) is 62.1 Å². The summed E-state index contributed by atoms with van der Waals surface area (Å²) in [5, 5.41) is 3.48. The van der Waals surface area contributed by atoms with E-state index in [1.807, 2.05) is 6.07 Å². The Bertz CT molecular complexity index is 975. The molecule has 1 aliphatic rings. The molecule has 1 aromatic heterocycles. The lowest BCUT2D eigenvalue weighted by Gasteiger charge is -2.33. The lowest BCUT2D eigenvalue weighted by atomic mass is 9.72. The third-order valence-electron chi connectivity index (χ3n) is 5.93. The summed E-state index contributed by atoms with van der Waals surface area (Å²) in [5.74, 6) is 1.03. The van der Waals surface area contributed by atoms with Crippen LogP contribution < -0.4 is 14.8 Å². The Morgan fingerprint density at radius 3 is 2.62 bits per heavy atom. The highest BCUT2D eigenvalue weighted by Crippen LogP contribution is 2.44. The number of fused-ring (bicyclic) bond motifs is 1. The number of nitrogens with one attached hydrogen (secondary N) is 1. The molecule has 1 heterocycles. The van der Waals surface area contributed by atoms with Crippen LogP contribution in [0.4, 0.5) is 5.00 Å². The largest absolute Gasteiger partial charge is 0.497 e. The third kappa shape index (κ3) is 5.44. The van der Waals surface area contributed by atoms with Crippen LogP contribution in [-0.2, 0) is 22.4 Å². The highest BCUT2D eigenvalue weighted by molar-refractivity contribution is 7.17. The molecule has 7 heteroatoms. The molecular weight excluding hydrogens is 426 g/mol. The summed E-state index contributed by atoms with van der Waals surface area (Å²) in [6.07, 6.45) is 1.98. The van der Waals surface area contributed by atoms with Gasteiger partial charge in [0, 0.05) is 10.9 Å². The molecule has 0 spiro atoms. The van der Waals surface area contributed by atoms with E-state index < -0.39 is 6.10 Å². The summed E-state index contributed by atoms with van der Waals surface area (Å²) in [7, 11) is 1.58. The average Bonchev–Trinajstić information content (AvgIpc) is 3.10. The van der Waals surface area contributed by atoms with E-state index in [2.05, 4.69) is 26.1 Å². The van der Waals surface area contributed by atoms with Crippen molar-refractivity contribution in [3.8, 4) is 11.5 Å². The Labute approximate surface area is 194 Å². The fourth-order valence-electron chi connectivity index (χ4n) is 3.98. The van der Waals surface area contributed by atoms with E-state index >= 15 is 0 Å². The topological polar surface area (TPSA) is 73.9 Å². The number of amides is 1. The summed E-state index contributed by atoms with van der Waals surface area (Å²) >= 11 is 1.49. The van der Waals surface area contributed by atoms with E-state index in [-0.39, 0.29) is 23.9 Å². The first-order valence-corrected chi connectivity index (χ1v) is 11.9. The minimum Gasteiger partial charge on any atom is -0.497 e. The molecule has 0 saturated carbocycles. The Kier molecular flexibility index (Phi) is 7.49. The van der Waals surface area contributed by atoms with Crippen molar-refractivity contribution in [1.82, 2.24) is 0 Å². The first kappa shape index (κ1) is 24.1. The molecule has 0 fully saturated rings. The van der Waals surface area contributed by atoms with E-state index in [1.54, 1.807) is 39.2 Å². The zero-order chi connectivity index (χ0) is 23.5. The number of esters is 1. The molecule has 32 heavy (non-hydrogen) atoms. The lowest BCUT2D eigenvalue weighted by molar-refractivity contribution is -0.122. The maximum Gasteiger partial charge on any atom is 0.341 e. The summed E-state index contributed by atoms with van der Waals surface area (Å²) in [5.41, 5.74) is 1.71. The van der Waals surface area contributed by atoms with Crippen LogP contribution in [-0.4, -0.2) is 31.7 Å². The van der Waals surface area contributed by atoms with Crippen molar-refractivity contribution >= 4 is 28.2 Å². The maximum absolute atomic E-state index is 12.9. The van der Waals surface area contributed by atoms with Crippen LogP contribution in [0.5, 0.6) is 11.5 Å². The molecule has 1 amide bonds. The van der Waals surface area contributed by atoms with Crippen LogP contribution in [0.15, 0.2) is 24.3 Å². The molecule has 2 aromatic rings. The number of hydrogen-bond acceptors (Lipinski definition) is 6. The first-order chi connectivity index (χ1) is 15.1. The number of carbonyl (C=O) groups is 2. The molecule has 2 atom stereocenters. The van der Waals surface area contributed by atoms with Crippen molar-refractivity contribution in [2.24, 2.45) is 11.3 Å². The van der Waals surface area contributed by atoms with Gasteiger partial charge >= 0.3 is 5.97 Å². The van der Waals surface area contributed by atoms with E-state index in [0.29, 0.717) is 28.0 Å². The Hall–Kier alpha value is -2.54. The standard InChI is InChI=1S/C25H33NO5S/c1-7-30-24(28)21-19-12-11-16(25(3,4)5)13-20(19)32-23(21)26-22(27)15(2)31-18-10-8-9-17(14-18)29-6/h8-10,14-16H,7,11-13H2,1-6H3,(H,26,27). The van der Waals surface area contributed by atoms with Gasteiger partial charge in [0.25, 0.3) is 5.91 Å². The second-order valence-corrected chi connectivity index (χ2v) is 10.3. The Balaban J connectivity index is 1.82. The van der Waals surface area contributed by atoms with Gasteiger partial charge in [-0.3, -0.25) is 4.79 Å². The van der Waals surface area contributed by atoms with Gasteiger partial charge in [0.2, 0.25) is 0 Å². The first-order valence-electron chi connectivity index (χ1n) is 11.1. The fraction of sp³-hybridized carbons (Fsp3) is 0.520. The van der Waals surface area contributed by atoms with E-state index in [9.17, 15) is 9.59 Å². The maximum atomic E-state index is 12.9. The summed E-state index contributed by atoms with van der Waals surface area (Å²) in [4.78, 5) is 26.9. The van der Waals surface area contributed by atoms with Gasteiger partial charge in [0.1, 0.15) is 16.5 Å². The number of ether oxygens (including phenoxy) is 3. The van der Waals surface area contributed by atoms with Gasteiger partial charge < -0.3 is 19.5 Å².